The molecule has 0 N–H and O–H groups in total. The molecule has 0 fully saturated rings. The van der Waals surface area contributed by atoms with Gasteiger partial charge >= 0.3 is 0 Å². The zero-order valence-electron chi connectivity index (χ0n) is 7.24. The molecule has 0 bridgehead atoms. The van der Waals surface area contributed by atoms with Crippen LogP contribution in [-0.2, 0) is 9.53 Å². The molecule has 4 heteroatoms. The molecule has 1 aromatic heterocycles. The van der Waals surface area contributed by atoms with Gasteiger partial charge in [0, 0.05) is 0 Å². The highest BCUT2D eigenvalue weighted by atomic mass is 19.1. The van der Waals surface area contributed by atoms with Crippen molar-refractivity contribution in [3.05, 3.63) is 36.4 Å². The van der Waals surface area contributed by atoms with Crippen LogP contribution in [0.4, 0.5) is 4.39 Å². The maximum Gasteiger partial charge on any atom is 0.292 e. The molecule has 0 saturated carbocycles. The molecular formula is C9H10FNO2. The first-order valence-electron chi connectivity index (χ1n) is 3.46. The fourth-order valence-electron chi connectivity index (χ4n) is 0.538. The van der Waals surface area contributed by atoms with Crippen LogP contribution in [0.1, 0.15) is 5.69 Å². The van der Waals surface area contributed by atoms with Crippen LogP contribution in [0.3, 0.4) is 0 Å². The number of pyridine rings is 1. The number of rotatable bonds is 2. The molecule has 0 aromatic carbocycles. The van der Waals surface area contributed by atoms with Crippen LogP contribution < -0.4 is 0 Å². The standard InChI is InChI=1S/C7H6FN.C2H4O2/c1-2-6-4-3-5-7(8)9-6;1-4-2-3/h2-5H,1H2;2H,1H3. The van der Waals surface area contributed by atoms with Gasteiger partial charge in [0.2, 0.25) is 5.95 Å². The van der Waals surface area contributed by atoms with Crippen LogP contribution in [0.25, 0.3) is 6.08 Å². The number of methoxy groups -OCH3 is 1. The highest BCUT2D eigenvalue weighted by Gasteiger charge is 1.88. The van der Waals surface area contributed by atoms with Crippen molar-refractivity contribution < 1.29 is 13.9 Å². The summed E-state index contributed by atoms with van der Waals surface area (Å²) in [5.74, 6) is -0.465. The minimum absolute atomic E-state index is 0.375. The SMILES string of the molecule is C=Cc1cccc(F)n1.COC=O. The Morgan fingerprint density at radius 2 is 2.23 bits per heavy atom. The molecular weight excluding hydrogens is 173 g/mol. The summed E-state index contributed by atoms with van der Waals surface area (Å²) < 4.78 is 16.1. The van der Waals surface area contributed by atoms with E-state index in [2.05, 4.69) is 16.3 Å². The van der Waals surface area contributed by atoms with Crippen molar-refractivity contribution in [1.29, 1.82) is 0 Å². The van der Waals surface area contributed by atoms with Gasteiger partial charge in [-0.3, -0.25) is 4.79 Å². The van der Waals surface area contributed by atoms with E-state index in [4.69, 9.17) is 4.79 Å². The molecule has 1 rings (SSSR count). The number of carbonyl (C=O) groups is 1. The highest BCUT2D eigenvalue weighted by Crippen LogP contribution is 1.97. The van der Waals surface area contributed by atoms with Crippen molar-refractivity contribution in [2.24, 2.45) is 0 Å². The molecule has 0 aliphatic rings. The van der Waals surface area contributed by atoms with Crippen molar-refractivity contribution in [2.75, 3.05) is 7.11 Å². The number of halogens is 1. The lowest BCUT2D eigenvalue weighted by molar-refractivity contribution is -0.126. The highest BCUT2D eigenvalue weighted by molar-refractivity contribution is 5.40. The van der Waals surface area contributed by atoms with Crippen molar-refractivity contribution in [3.8, 4) is 0 Å². The lowest BCUT2D eigenvalue weighted by Gasteiger charge is -1.88. The van der Waals surface area contributed by atoms with Gasteiger partial charge in [-0.1, -0.05) is 12.6 Å². The van der Waals surface area contributed by atoms with Crippen molar-refractivity contribution >= 4 is 12.5 Å². The Bertz CT molecular complexity index is 276. The van der Waals surface area contributed by atoms with E-state index in [-0.39, 0.29) is 0 Å². The minimum atomic E-state index is -0.465. The van der Waals surface area contributed by atoms with E-state index in [1.54, 1.807) is 12.1 Å². The van der Waals surface area contributed by atoms with E-state index in [1.165, 1.54) is 19.3 Å². The van der Waals surface area contributed by atoms with Gasteiger partial charge in [0.15, 0.2) is 0 Å². The third-order valence-electron chi connectivity index (χ3n) is 1.04. The molecule has 0 aliphatic carbocycles. The average molecular weight is 183 g/mol. The Kier molecular flexibility index (Phi) is 6.05. The normalized spacial score (nSPS) is 7.85. The van der Waals surface area contributed by atoms with E-state index in [1.807, 2.05) is 0 Å². The summed E-state index contributed by atoms with van der Waals surface area (Å²) in [4.78, 5) is 12.5. The predicted octanol–water partition coefficient (Wildman–Crippen LogP) is 1.65. The molecule has 0 amide bonds. The number of hydrogen-bond donors (Lipinski definition) is 0. The van der Waals surface area contributed by atoms with E-state index in [9.17, 15) is 4.39 Å². The molecule has 0 saturated heterocycles. The summed E-state index contributed by atoms with van der Waals surface area (Å²) in [5, 5.41) is 0. The fraction of sp³-hybridized carbons (Fsp3) is 0.111. The van der Waals surface area contributed by atoms with Crippen LogP contribution in [0.5, 0.6) is 0 Å². The molecule has 0 radical (unpaired) electrons. The maximum atomic E-state index is 12.2. The van der Waals surface area contributed by atoms with Gasteiger partial charge in [0.05, 0.1) is 12.8 Å². The van der Waals surface area contributed by atoms with E-state index in [0.717, 1.165) is 0 Å². The Labute approximate surface area is 75.9 Å². The summed E-state index contributed by atoms with van der Waals surface area (Å²) in [6.07, 6.45) is 1.50. The zero-order chi connectivity index (χ0) is 10.1. The smallest absolute Gasteiger partial charge is 0.292 e. The third kappa shape index (κ3) is 5.55. The van der Waals surface area contributed by atoms with Crippen LogP contribution in [0, 0.1) is 5.95 Å². The summed E-state index contributed by atoms with van der Waals surface area (Å²) in [6, 6.07) is 4.59. The third-order valence-corrected chi connectivity index (χ3v) is 1.04. The number of nitrogens with zero attached hydrogens (tertiary/aromatic N) is 1. The monoisotopic (exact) mass is 183 g/mol. The van der Waals surface area contributed by atoms with Crippen LogP contribution in [0.2, 0.25) is 0 Å². The molecule has 1 heterocycles. The van der Waals surface area contributed by atoms with Gasteiger partial charge in [0.1, 0.15) is 0 Å². The molecule has 0 spiro atoms. The first-order chi connectivity index (χ1) is 6.24. The Balaban J connectivity index is 0.000000310. The lowest BCUT2D eigenvalue weighted by atomic mass is 10.3. The zero-order valence-corrected chi connectivity index (χ0v) is 7.24. The Morgan fingerprint density at radius 3 is 2.54 bits per heavy atom. The van der Waals surface area contributed by atoms with Gasteiger partial charge in [-0.05, 0) is 18.2 Å². The molecule has 3 nitrogen and oxygen atoms in total. The quantitative estimate of drug-likeness (QED) is 0.517. The van der Waals surface area contributed by atoms with Gasteiger partial charge in [-0.15, -0.1) is 0 Å². The summed E-state index contributed by atoms with van der Waals surface area (Å²) >= 11 is 0. The van der Waals surface area contributed by atoms with Crippen LogP contribution >= 0.6 is 0 Å². The summed E-state index contributed by atoms with van der Waals surface area (Å²) in [7, 11) is 1.31. The molecule has 0 aliphatic heterocycles. The fourth-order valence-corrected chi connectivity index (χ4v) is 0.538. The summed E-state index contributed by atoms with van der Waals surface area (Å²) in [5.41, 5.74) is 0.565. The van der Waals surface area contributed by atoms with E-state index >= 15 is 0 Å². The van der Waals surface area contributed by atoms with Crippen molar-refractivity contribution in [1.82, 2.24) is 4.98 Å². The Hall–Kier alpha value is -1.71. The Morgan fingerprint density at radius 1 is 1.62 bits per heavy atom. The number of aromatic nitrogens is 1. The predicted molar refractivity (Wildman–Crippen MR) is 47.4 cm³/mol. The van der Waals surface area contributed by atoms with Gasteiger partial charge < -0.3 is 4.74 Å². The van der Waals surface area contributed by atoms with Crippen LogP contribution in [0.15, 0.2) is 24.8 Å². The second kappa shape index (κ2) is 6.97. The second-order valence-electron chi connectivity index (χ2n) is 1.92. The maximum absolute atomic E-state index is 12.2. The van der Waals surface area contributed by atoms with Crippen molar-refractivity contribution in [3.63, 3.8) is 0 Å². The summed E-state index contributed by atoms with van der Waals surface area (Å²) in [6.45, 7) is 3.82. The number of ether oxygens (including phenoxy) is 1. The van der Waals surface area contributed by atoms with Crippen molar-refractivity contribution in [2.45, 2.75) is 0 Å². The van der Waals surface area contributed by atoms with E-state index in [0.29, 0.717) is 12.2 Å². The molecule has 1 aromatic rings. The van der Waals surface area contributed by atoms with E-state index < -0.39 is 5.95 Å². The van der Waals surface area contributed by atoms with Gasteiger partial charge in [-0.25, -0.2) is 4.98 Å². The number of hydrogen-bond acceptors (Lipinski definition) is 3. The molecule has 0 unspecified atom stereocenters. The number of carbonyl (C=O) groups excluding carboxylic acids is 1. The minimum Gasteiger partial charge on any atom is -0.471 e. The van der Waals surface area contributed by atoms with Crippen LogP contribution in [-0.4, -0.2) is 18.6 Å². The average Bonchev–Trinajstić information content (AvgIpc) is 2.18. The lowest BCUT2D eigenvalue weighted by Crippen LogP contribution is -1.82. The molecule has 70 valence electrons. The molecule has 13 heavy (non-hydrogen) atoms. The second-order valence-corrected chi connectivity index (χ2v) is 1.92. The largest absolute Gasteiger partial charge is 0.471 e. The first-order valence-corrected chi connectivity index (χ1v) is 3.46. The van der Waals surface area contributed by atoms with Gasteiger partial charge in [-0.2, -0.15) is 4.39 Å². The molecule has 0 atom stereocenters. The first kappa shape index (κ1) is 11.3. The van der Waals surface area contributed by atoms with Gasteiger partial charge in [0.25, 0.3) is 6.47 Å². The topological polar surface area (TPSA) is 39.2 Å².